The van der Waals surface area contributed by atoms with Gasteiger partial charge in [0.25, 0.3) is 0 Å². The Balaban J connectivity index is 1.18. The highest BCUT2D eigenvalue weighted by Gasteiger charge is 2.67. The standard InChI is InChI=1S/C26H20BrNO5/c27-15-6-4-13(5-7-15)21(29)12-33-26(32)14-2-1-3-16(10-14)28-24(30)22-17-8-9-18(20-11-19(17)20)23(22)25(28)31/h1-10,17-20,22-23H,11-12H2/t17-,18-,19-,20-,22+,23+/m0/s1. The van der Waals surface area contributed by atoms with Crippen molar-refractivity contribution in [3.05, 3.63) is 76.3 Å². The summed E-state index contributed by atoms with van der Waals surface area (Å²) >= 11 is 3.31. The molecular formula is C26H20BrNO5. The fourth-order valence-corrected chi connectivity index (χ4v) is 6.18. The number of carbonyl (C=O) groups excluding carboxylic acids is 4. The molecule has 6 nitrogen and oxygen atoms in total. The van der Waals surface area contributed by atoms with Crippen LogP contribution in [0.4, 0.5) is 5.69 Å². The number of allylic oxidation sites excluding steroid dienone is 2. The Bertz CT molecular complexity index is 1200. The number of hydrogen-bond acceptors (Lipinski definition) is 5. The minimum absolute atomic E-state index is 0.143. The van der Waals surface area contributed by atoms with E-state index in [2.05, 4.69) is 28.1 Å². The molecule has 0 unspecified atom stereocenters. The molecule has 3 fully saturated rings. The van der Waals surface area contributed by atoms with Gasteiger partial charge in [0, 0.05) is 10.0 Å². The summed E-state index contributed by atoms with van der Waals surface area (Å²) in [4.78, 5) is 52.7. The van der Waals surface area contributed by atoms with Gasteiger partial charge in [0.1, 0.15) is 0 Å². The normalized spacial score (nSPS) is 30.8. The lowest BCUT2D eigenvalue weighted by atomic mass is 9.63. The number of nitrogens with zero attached hydrogens (tertiary/aromatic N) is 1. The maximum absolute atomic E-state index is 13.3. The van der Waals surface area contributed by atoms with Gasteiger partial charge >= 0.3 is 5.97 Å². The number of benzene rings is 2. The number of imide groups is 1. The van der Waals surface area contributed by atoms with Crippen LogP contribution < -0.4 is 4.90 Å². The maximum Gasteiger partial charge on any atom is 0.338 e. The van der Waals surface area contributed by atoms with Crippen molar-refractivity contribution in [3.8, 4) is 0 Å². The number of hydrogen-bond donors (Lipinski definition) is 0. The van der Waals surface area contributed by atoms with Crippen molar-refractivity contribution < 1.29 is 23.9 Å². The molecule has 0 spiro atoms. The topological polar surface area (TPSA) is 80.8 Å². The lowest BCUT2D eigenvalue weighted by Crippen LogP contribution is -2.40. The molecule has 2 saturated carbocycles. The van der Waals surface area contributed by atoms with Gasteiger partial charge in [-0.25, -0.2) is 9.69 Å². The monoisotopic (exact) mass is 505 g/mol. The highest BCUT2D eigenvalue weighted by molar-refractivity contribution is 9.10. The number of carbonyl (C=O) groups is 4. The molecule has 166 valence electrons. The second kappa shape index (κ2) is 7.48. The molecule has 0 aromatic heterocycles. The Morgan fingerprint density at radius 3 is 2.18 bits per heavy atom. The van der Waals surface area contributed by atoms with E-state index in [1.807, 2.05) is 0 Å². The van der Waals surface area contributed by atoms with Gasteiger partial charge in [-0.2, -0.15) is 0 Å². The zero-order valence-electron chi connectivity index (χ0n) is 17.5. The predicted molar refractivity (Wildman–Crippen MR) is 122 cm³/mol. The number of ether oxygens (including phenoxy) is 1. The molecule has 2 aromatic rings. The second-order valence-corrected chi connectivity index (χ2v) is 10.1. The molecule has 6 atom stereocenters. The zero-order valence-corrected chi connectivity index (χ0v) is 19.1. The molecular weight excluding hydrogens is 486 g/mol. The third-order valence-corrected chi connectivity index (χ3v) is 8.03. The number of halogens is 1. The van der Waals surface area contributed by atoms with Crippen molar-refractivity contribution in [1.29, 1.82) is 0 Å². The number of rotatable bonds is 5. The molecule has 2 bridgehead atoms. The van der Waals surface area contributed by atoms with Crippen LogP contribution in [0, 0.1) is 35.5 Å². The first kappa shape index (κ1) is 20.5. The van der Waals surface area contributed by atoms with Crippen LogP contribution in [0.25, 0.3) is 0 Å². The molecule has 1 aliphatic heterocycles. The minimum Gasteiger partial charge on any atom is -0.454 e. The summed E-state index contributed by atoms with van der Waals surface area (Å²) in [6.07, 6.45) is 5.37. The number of anilines is 1. The molecule has 5 aliphatic rings. The molecule has 2 amide bonds. The van der Waals surface area contributed by atoms with Crippen LogP contribution in [0.15, 0.2) is 65.2 Å². The van der Waals surface area contributed by atoms with Crippen LogP contribution >= 0.6 is 15.9 Å². The third kappa shape index (κ3) is 3.21. The number of esters is 1. The van der Waals surface area contributed by atoms with E-state index in [9.17, 15) is 19.2 Å². The zero-order chi connectivity index (χ0) is 22.9. The first-order valence-corrected chi connectivity index (χ1v) is 11.9. The molecule has 1 saturated heterocycles. The first-order valence-electron chi connectivity index (χ1n) is 11.1. The van der Waals surface area contributed by atoms with Crippen molar-refractivity contribution in [3.63, 3.8) is 0 Å². The van der Waals surface area contributed by atoms with Crippen LogP contribution in [0.2, 0.25) is 0 Å². The molecule has 1 heterocycles. The second-order valence-electron chi connectivity index (χ2n) is 9.22. The number of amides is 2. The van der Waals surface area contributed by atoms with E-state index in [0.29, 0.717) is 23.1 Å². The quantitative estimate of drug-likeness (QED) is 0.265. The van der Waals surface area contributed by atoms with Gasteiger partial charge in [0.2, 0.25) is 11.8 Å². The summed E-state index contributed by atoms with van der Waals surface area (Å²) in [7, 11) is 0. The van der Waals surface area contributed by atoms with Gasteiger partial charge in [0.05, 0.1) is 23.1 Å². The third-order valence-electron chi connectivity index (χ3n) is 7.50. The van der Waals surface area contributed by atoms with Crippen molar-refractivity contribution in [2.24, 2.45) is 35.5 Å². The van der Waals surface area contributed by atoms with E-state index in [1.54, 1.807) is 42.5 Å². The largest absolute Gasteiger partial charge is 0.454 e. The van der Waals surface area contributed by atoms with E-state index in [1.165, 1.54) is 11.0 Å². The van der Waals surface area contributed by atoms with E-state index in [0.717, 1.165) is 10.9 Å². The van der Waals surface area contributed by atoms with Crippen LogP contribution in [0.3, 0.4) is 0 Å². The Labute approximate surface area is 198 Å². The van der Waals surface area contributed by atoms with E-state index in [4.69, 9.17) is 4.74 Å². The summed E-state index contributed by atoms with van der Waals surface area (Å²) in [6.45, 7) is -0.395. The Hall–Kier alpha value is -3.06. The molecule has 33 heavy (non-hydrogen) atoms. The smallest absolute Gasteiger partial charge is 0.338 e. The predicted octanol–water partition coefficient (Wildman–Crippen LogP) is 4.05. The maximum atomic E-state index is 13.3. The fourth-order valence-electron chi connectivity index (χ4n) is 5.92. The molecule has 4 aliphatic carbocycles. The van der Waals surface area contributed by atoms with E-state index >= 15 is 0 Å². The van der Waals surface area contributed by atoms with E-state index in [-0.39, 0.29) is 46.8 Å². The lowest BCUT2D eigenvalue weighted by Gasteiger charge is -2.37. The van der Waals surface area contributed by atoms with E-state index < -0.39 is 12.6 Å². The Morgan fingerprint density at radius 2 is 1.55 bits per heavy atom. The summed E-state index contributed by atoms with van der Waals surface area (Å²) in [5, 5.41) is 0. The molecule has 0 radical (unpaired) electrons. The fraction of sp³-hybridized carbons (Fsp3) is 0.308. The summed E-state index contributed by atoms with van der Waals surface area (Å²) in [5.41, 5.74) is 1.01. The molecule has 7 heteroatoms. The Kier molecular flexibility index (Phi) is 4.66. The number of Topliss-reactive ketones (excluding diaryl/α,β-unsaturated/α-hetero) is 1. The minimum atomic E-state index is -0.679. The highest BCUT2D eigenvalue weighted by atomic mass is 79.9. The van der Waals surface area contributed by atoms with Crippen LogP contribution in [0.1, 0.15) is 27.1 Å². The van der Waals surface area contributed by atoms with Crippen molar-refractivity contribution in [2.45, 2.75) is 6.42 Å². The summed E-state index contributed by atoms with van der Waals surface area (Å²) in [5.74, 6) is -0.593. The summed E-state index contributed by atoms with van der Waals surface area (Å²) in [6, 6.07) is 13.1. The molecule has 7 rings (SSSR count). The SMILES string of the molecule is O=C(COC(=O)c1cccc(N2C(=O)[C@@H]3[C@H]4C=C[C@@H]([C@@H]5C[C@@H]45)[C@H]3C2=O)c1)c1ccc(Br)cc1. The summed E-state index contributed by atoms with van der Waals surface area (Å²) < 4.78 is 6.05. The van der Waals surface area contributed by atoms with Crippen molar-refractivity contribution >= 4 is 45.2 Å². The Morgan fingerprint density at radius 1 is 0.909 bits per heavy atom. The van der Waals surface area contributed by atoms with Gasteiger partial charge < -0.3 is 4.74 Å². The lowest BCUT2D eigenvalue weighted by molar-refractivity contribution is -0.124. The number of ketones is 1. The van der Waals surface area contributed by atoms with Gasteiger partial charge in [-0.15, -0.1) is 0 Å². The van der Waals surface area contributed by atoms with Gasteiger partial charge in [-0.1, -0.05) is 46.3 Å². The average molecular weight is 506 g/mol. The van der Waals surface area contributed by atoms with Crippen LogP contribution in [0.5, 0.6) is 0 Å². The molecule has 0 N–H and O–H groups in total. The van der Waals surface area contributed by atoms with Gasteiger partial charge in [-0.05, 0) is 60.4 Å². The van der Waals surface area contributed by atoms with Crippen LogP contribution in [-0.4, -0.2) is 30.2 Å². The average Bonchev–Trinajstić information content (AvgIpc) is 3.61. The van der Waals surface area contributed by atoms with Gasteiger partial charge in [0.15, 0.2) is 12.4 Å². The molecule has 2 aromatic carbocycles. The van der Waals surface area contributed by atoms with Crippen molar-refractivity contribution in [2.75, 3.05) is 11.5 Å². The highest BCUT2D eigenvalue weighted by Crippen LogP contribution is 2.65. The van der Waals surface area contributed by atoms with Crippen LogP contribution in [-0.2, 0) is 14.3 Å². The van der Waals surface area contributed by atoms with Gasteiger partial charge in [-0.3, -0.25) is 14.4 Å². The van der Waals surface area contributed by atoms with Crippen molar-refractivity contribution in [1.82, 2.24) is 0 Å². The first-order chi connectivity index (χ1) is 15.9.